The molecule has 4 aliphatic carbocycles. The predicted octanol–water partition coefficient (Wildman–Crippen LogP) is -2.56. The van der Waals surface area contributed by atoms with Crippen LogP contribution < -0.4 is 0 Å². The van der Waals surface area contributed by atoms with Crippen molar-refractivity contribution in [2.45, 2.75) is 254 Å². The van der Waals surface area contributed by atoms with Crippen LogP contribution in [0.5, 0.6) is 0 Å². The number of ether oxygens (including phenoxy) is 10. The maximum atomic E-state index is 15.4. The van der Waals surface area contributed by atoms with E-state index in [-0.39, 0.29) is 48.9 Å². The summed E-state index contributed by atoms with van der Waals surface area (Å²) >= 11 is 0. The van der Waals surface area contributed by atoms with Gasteiger partial charge in [0.1, 0.15) is 103 Å². The number of esters is 1. The number of carbonyl (C=O) groups is 2. The molecular weight excluding hydrogens is 1110 g/mol. The first-order valence-electron chi connectivity index (χ1n) is 29.7. The third-order valence-corrected chi connectivity index (χ3v) is 21.5. The molecule has 0 aromatic carbocycles. The zero-order chi connectivity index (χ0) is 61.5. The summed E-state index contributed by atoms with van der Waals surface area (Å²) in [6.45, 7) is 13.7. The highest BCUT2D eigenvalue weighted by atomic mass is 16.8. The van der Waals surface area contributed by atoms with Crippen LogP contribution in [0.2, 0.25) is 0 Å². The zero-order valence-corrected chi connectivity index (χ0v) is 49.0. The van der Waals surface area contributed by atoms with Gasteiger partial charge in [-0.15, -0.1) is 0 Å². The number of aliphatic hydroxyl groups excluding tert-OH is 14. The number of ketones is 1. The van der Waals surface area contributed by atoms with Crippen LogP contribution in [0.25, 0.3) is 0 Å². The molecule has 14 N–H and O–H groups in total. The van der Waals surface area contributed by atoms with Crippen molar-refractivity contribution < 1.29 is 128 Å². The summed E-state index contributed by atoms with van der Waals surface area (Å²) < 4.78 is 59.3. The minimum absolute atomic E-state index is 0.00143. The Morgan fingerprint density at radius 2 is 1.30 bits per heavy atom. The van der Waals surface area contributed by atoms with Crippen molar-refractivity contribution in [3.63, 3.8) is 0 Å². The molecule has 0 spiro atoms. The molecule has 0 aromatic rings. The first-order valence-corrected chi connectivity index (χ1v) is 29.7. The Kier molecular flexibility index (Phi) is 19.8. The quantitative estimate of drug-likeness (QED) is 0.0558. The molecule has 5 heterocycles. The number of aliphatic hydroxyl groups is 14. The average Bonchev–Trinajstić information content (AvgIpc) is 1.20. The molecule has 5 saturated heterocycles. The molecule has 7 fully saturated rings. The lowest BCUT2D eigenvalue weighted by molar-refractivity contribution is -0.364. The molecule has 26 heteroatoms. The number of rotatable bonds is 16. The molecule has 26 nitrogen and oxygen atoms in total. The van der Waals surface area contributed by atoms with Gasteiger partial charge in [0.05, 0.1) is 44.1 Å². The summed E-state index contributed by atoms with van der Waals surface area (Å²) in [4.78, 5) is 28.2. The predicted molar refractivity (Wildman–Crippen MR) is 284 cm³/mol. The van der Waals surface area contributed by atoms with Gasteiger partial charge in [-0.3, -0.25) is 9.59 Å². The molecule has 0 amide bonds. The van der Waals surface area contributed by atoms with Gasteiger partial charge in [-0.1, -0.05) is 59.8 Å². The van der Waals surface area contributed by atoms with Crippen LogP contribution in [0, 0.1) is 44.8 Å². The Morgan fingerprint density at radius 1 is 0.643 bits per heavy atom. The second-order valence-electron chi connectivity index (χ2n) is 26.8. The summed E-state index contributed by atoms with van der Waals surface area (Å²) in [5.74, 6) is -1.34. The van der Waals surface area contributed by atoms with Gasteiger partial charge in [-0.2, -0.15) is 0 Å². The standard InChI is InChI=1S/C58H92O26/c1-24(25(2)60)11-16-58(53(74)84-52-47(83-50-43(71)40(68)35(63)26(3)78-50)41(69)38(66)31(80-52)23-77-49-42(70)36(64)28(61)21-75-49)18-17-56(7)27(19-58)9-10-33-55(6)14-13-34(54(4,5)32(55)12-15-57(33,56)8)81-51-46(37(65)29(62)22-76-51)82-45-39(67)30(20-59)79-48(73)44(45)72/h9-10,19,24,26,28-52,59,61-73H,11-18,20-23H2,1-8H3/t24-,26+,28-,29+,30-,31-,32+,33-,34+,35+,36+,37+,38-,39-,40-,41+,42-,43-,44-,45+,46-,47-,48-,49+,50-,51+,52+,55+,56-,57-,58+/m1/s1. The fraction of sp³-hybridized carbons (Fsp3) is 0.897. The Balaban J connectivity index is 0.982. The van der Waals surface area contributed by atoms with Crippen molar-refractivity contribution in [3.8, 4) is 0 Å². The van der Waals surface area contributed by atoms with E-state index in [4.69, 9.17) is 47.4 Å². The highest BCUT2D eigenvalue weighted by Crippen LogP contribution is 2.73. The molecule has 480 valence electrons. The van der Waals surface area contributed by atoms with Gasteiger partial charge >= 0.3 is 5.97 Å². The highest BCUT2D eigenvalue weighted by Gasteiger charge is 2.67. The molecule has 84 heavy (non-hydrogen) atoms. The lowest BCUT2D eigenvalue weighted by Crippen LogP contribution is -2.65. The van der Waals surface area contributed by atoms with Crippen molar-refractivity contribution in [1.82, 2.24) is 0 Å². The minimum atomic E-state index is -1.97. The lowest BCUT2D eigenvalue weighted by Gasteiger charge is -2.69. The molecule has 0 radical (unpaired) electrons. The van der Waals surface area contributed by atoms with E-state index in [1.807, 2.05) is 6.08 Å². The number of carbonyl (C=O) groups excluding carboxylic acids is 2. The van der Waals surface area contributed by atoms with Crippen molar-refractivity contribution in [2.75, 3.05) is 26.4 Å². The monoisotopic (exact) mass is 1200 g/mol. The summed E-state index contributed by atoms with van der Waals surface area (Å²) in [5, 5.41) is 150. The molecule has 0 aromatic heterocycles. The number of allylic oxidation sites excluding steroid dienone is 3. The largest absolute Gasteiger partial charge is 0.432 e. The Morgan fingerprint density at radius 3 is 1.98 bits per heavy atom. The van der Waals surface area contributed by atoms with E-state index in [0.717, 1.165) is 18.4 Å². The average molecular weight is 1210 g/mol. The van der Waals surface area contributed by atoms with E-state index in [0.29, 0.717) is 19.3 Å². The Hall–Kier alpha value is -2.30. The van der Waals surface area contributed by atoms with Crippen LogP contribution >= 0.6 is 0 Å². The van der Waals surface area contributed by atoms with Crippen LogP contribution in [0.1, 0.15) is 107 Å². The molecule has 5 aliphatic heterocycles. The molecule has 0 unspecified atom stereocenters. The molecule has 2 saturated carbocycles. The maximum absolute atomic E-state index is 15.4. The minimum Gasteiger partial charge on any atom is -0.432 e. The van der Waals surface area contributed by atoms with Gasteiger partial charge in [0, 0.05) is 5.92 Å². The Bertz CT molecular complexity index is 2360. The fourth-order valence-electron chi connectivity index (χ4n) is 15.6. The maximum Gasteiger partial charge on any atom is 0.318 e. The van der Waals surface area contributed by atoms with Crippen LogP contribution in [-0.4, -0.2) is 257 Å². The van der Waals surface area contributed by atoms with Gasteiger partial charge in [-0.05, 0) is 104 Å². The summed E-state index contributed by atoms with van der Waals surface area (Å²) in [6, 6.07) is 0. The van der Waals surface area contributed by atoms with Gasteiger partial charge in [0.2, 0.25) is 6.29 Å². The summed E-state index contributed by atoms with van der Waals surface area (Å²) in [5.41, 5.74) is -2.34. The first kappa shape index (κ1) is 66.1. The number of hydrogen-bond donors (Lipinski definition) is 14. The smallest absolute Gasteiger partial charge is 0.318 e. The van der Waals surface area contributed by atoms with Gasteiger partial charge in [0.25, 0.3) is 0 Å². The normalized spacial score (nSPS) is 51.6. The second kappa shape index (κ2) is 25.2. The van der Waals surface area contributed by atoms with Crippen LogP contribution in [0.3, 0.4) is 0 Å². The molecule has 9 aliphatic rings. The van der Waals surface area contributed by atoms with Crippen molar-refractivity contribution in [3.05, 3.63) is 23.8 Å². The molecule has 9 rings (SSSR count). The molecule has 31 atom stereocenters. The summed E-state index contributed by atoms with van der Waals surface area (Å²) in [6.07, 6.45) is -27.6. The van der Waals surface area contributed by atoms with E-state index in [9.17, 15) is 76.3 Å². The van der Waals surface area contributed by atoms with E-state index in [1.165, 1.54) is 13.8 Å². The van der Waals surface area contributed by atoms with Gasteiger partial charge in [-0.25, -0.2) is 0 Å². The van der Waals surface area contributed by atoms with Crippen LogP contribution in [0.15, 0.2) is 23.8 Å². The topological polar surface area (TPSA) is 410 Å². The van der Waals surface area contributed by atoms with Crippen LogP contribution in [-0.2, 0) is 57.0 Å². The fourth-order valence-corrected chi connectivity index (χ4v) is 15.6. The van der Waals surface area contributed by atoms with Crippen molar-refractivity contribution in [2.24, 2.45) is 44.8 Å². The number of fused-ring (bicyclic) bond motifs is 5. The second-order valence-corrected chi connectivity index (χ2v) is 26.8. The van der Waals surface area contributed by atoms with E-state index < -0.39 is 201 Å². The Labute approximate surface area is 488 Å². The van der Waals surface area contributed by atoms with E-state index in [2.05, 4.69) is 46.8 Å². The SMILES string of the molecule is CC(=O)[C@H](C)CC[C@@]1(C(=O)O[C@@H]2O[C@H](CO[C@@H]3OC[C@@H](O)[C@H](O)[C@H]3O)[C@@H](O)[C@H](O)[C@H]2O[C@H]2O[C@@H](C)[C@H](O)[C@@H](O)[C@H]2O)C=C2C=C[C@@H]3[C@@]4(C)CC[C@H](O[C@@H]5OC[C@H](O)[C@H](O)[C@H]5O[C@@H]5[C@@H](O)[C@H](O)O[C@H](CO)[C@H]5O)C(C)(C)[C@@H]4CC[C@@]3(C)[C@]2(C)CC1. The lowest BCUT2D eigenvalue weighted by atomic mass is 9.36. The summed E-state index contributed by atoms with van der Waals surface area (Å²) in [7, 11) is 0. The highest BCUT2D eigenvalue weighted by molar-refractivity contribution is 5.81. The van der Waals surface area contributed by atoms with Crippen molar-refractivity contribution in [1.29, 1.82) is 0 Å². The number of hydrogen-bond acceptors (Lipinski definition) is 26. The van der Waals surface area contributed by atoms with E-state index >= 15 is 4.79 Å². The first-order chi connectivity index (χ1) is 39.3. The van der Waals surface area contributed by atoms with Crippen molar-refractivity contribution >= 4 is 11.8 Å². The molecular formula is C58H92O26. The molecule has 0 bridgehead atoms. The van der Waals surface area contributed by atoms with E-state index in [1.54, 1.807) is 6.92 Å². The zero-order valence-electron chi connectivity index (χ0n) is 49.0. The van der Waals surface area contributed by atoms with Crippen LogP contribution in [0.4, 0.5) is 0 Å². The van der Waals surface area contributed by atoms with Gasteiger partial charge < -0.3 is 119 Å². The van der Waals surface area contributed by atoms with Gasteiger partial charge in [0.15, 0.2) is 31.3 Å². The number of Topliss-reactive ketones (excluding diaryl/α,β-unsaturated/α-hetero) is 1. The third kappa shape index (κ3) is 11.8. The third-order valence-electron chi connectivity index (χ3n) is 21.5.